The summed E-state index contributed by atoms with van der Waals surface area (Å²) in [5.41, 5.74) is -0.552. The molecule has 1 fully saturated rings. The Morgan fingerprint density at radius 2 is 1.34 bits per heavy atom. The van der Waals surface area contributed by atoms with E-state index in [1.807, 2.05) is 30.3 Å². The zero-order chi connectivity index (χ0) is 24.5. The van der Waals surface area contributed by atoms with Crippen molar-refractivity contribution in [3.8, 4) is 0 Å². The fourth-order valence-corrected chi connectivity index (χ4v) is 6.78. The molecule has 1 aromatic carbocycles. The minimum atomic E-state index is -2.23. The Labute approximate surface area is 201 Å². The molecule has 184 valence electrons. The van der Waals surface area contributed by atoms with Crippen molar-refractivity contribution >= 4 is 28.4 Å². The highest BCUT2D eigenvalue weighted by Crippen LogP contribution is 2.44. The lowest BCUT2D eigenvalue weighted by Gasteiger charge is -2.51. The highest BCUT2D eigenvalue weighted by molar-refractivity contribution is 7.99. The lowest BCUT2D eigenvalue weighted by molar-refractivity contribution is -0.196. The zero-order valence-electron chi connectivity index (χ0n) is 21.5. The van der Waals surface area contributed by atoms with E-state index in [4.69, 9.17) is 13.6 Å². The van der Waals surface area contributed by atoms with E-state index in [-0.39, 0.29) is 16.7 Å². The Hall–Kier alpha value is -0.196. The van der Waals surface area contributed by atoms with Crippen LogP contribution in [0.4, 0.5) is 0 Å². The Bertz CT molecular complexity index is 730. The largest absolute Gasteiger partial charge is 0.408 e. The van der Waals surface area contributed by atoms with Crippen LogP contribution in [0.15, 0.2) is 35.2 Å². The molecule has 0 bridgehead atoms. The fourth-order valence-electron chi connectivity index (χ4n) is 3.08. The Morgan fingerprint density at radius 3 is 1.78 bits per heavy atom. The standard InChI is InChI=1S/C24H44O5SSi2/c1-23(2,3)31(7,8)28-20-18(16-25)27-22(30-17-14-12-11-13-15-17)19(26)21(20)29-32(9,10)24(4,5)6/h11-15,18-22,25-26H,16H2,1-10H3/t18-,19-,20-,21-,22-/m1/s1. The van der Waals surface area contributed by atoms with Gasteiger partial charge in [0.05, 0.1) is 6.61 Å². The highest BCUT2D eigenvalue weighted by atomic mass is 32.2. The molecule has 0 amide bonds. The summed E-state index contributed by atoms with van der Waals surface area (Å²) in [6.45, 7) is 21.7. The predicted molar refractivity (Wildman–Crippen MR) is 138 cm³/mol. The summed E-state index contributed by atoms with van der Waals surface area (Å²) in [6, 6.07) is 9.89. The molecule has 8 heteroatoms. The molecule has 5 nitrogen and oxygen atoms in total. The van der Waals surface area contributed by atoms with E-state index in [1.165, 1.54) is 11.8 Å². The summed E-state index contributed by atoms with van der Waals surface area (Å²) in [5, 5.41) is 21.7. The van der Waals surface area contributed by atoms with Gasteiger partial charge in [-0.1, -0.05) is 71.5 Å². The molecule has 0 spiro atoms. The third-order valence-corrected chi connectivity index (χ3v) is 17.4. The third-order valence-electron chi connectivity index (χ3n) is 7.26. The zero-order valence-corrected chi connectivity index (χ0v) is 24.3. The maximum atomic E-state index is 11.5. The second kappa shape index (κ2) is 10.2. The number of thioether (sulfide) groups is 1. The molecule has 5 atom stereocenters. The quantitative estimate of drug-likeness (QED) is 0.472. The number of rotatable bonds is 7. The second-order valence-electron chi connectivity index (χ2n) is 11.8. The molecule has 0 saturated carbocycles. The van der Waals surface area contributed by atoms with E-state index in [0.717, 1.165) is 4.90 Å². The van der Waals surface area contributed by atoms with Gasteiger partial charge in [-0.2, -0.15) is 0 Å². The number of hydrogen-bond acceptors (Lipinski definition) is 6. The van der Waals surface area contributed by atoms with Crippen LogP contribution in [0, 0.1) is 0 Å². The van der Waals surface area contributed by atoms with Crippen molar-refractivity contribution in [2.24, 2.45) is 0 Å². The van der Waals surface area contributed by atoms with Crippen LogP contribution in [0.1, 0.15) is 41.5 Å². The Kier molecular flexibility index (Phi) is 8.94. The van der Waals surface area contributed by atoms with Gasteiger partial charge in [0.15, 0.2) is 16.6 Å². The summed E-state index contributed by atoms with van der Waals surface area (Å²) >= 11 is 1.46. The second-order valence-corrected chi connectivity index (χ2v) is 22.5. The number of hydrogen-bond donors (Lipinski definition) is 2. The Balaban J connectivity index is 2.43. The molecular weight excluding hydrogens is 456 g/mol. The molecule has 0 unspecified atom stereocenters. The van der Waals surface area contributed by atoms with Crippen LogP contribution in [0.3, 0.4) is 0 Å². The fraction of sp³-hybridized carbons (Fsp3) is 0.750. The Morgan fingerprint density at radius 1 is 0.875 bits per heavy atom. The molecule has 1 heterocycles. The van der Waals surface area contributed by atoms with Gasteiger partial charge in [-0.3, -0.25) is 0 Å². The van der Waals surface area contributed by atoms with Gasteiger partial charge in [0, 0.05) is 4.90 Å². The van der Waals surface area contributed by atoms with Crippen LogP contribution in [0.25, 0.3) is 0 Å². The summed E-state index contributed by atoms with van der Waals surface area (Å²) in [4.78, 5) is 1.00. The summed E-state index contributed by atoms with van der Waals surface area (Å²) in [5.74, 6) is 0. The van der Waals surface area contributed by atoms with Crippen LogP contribution in [0.5, 0.6) is 0 Å². The molecule has 1 aliphatic rings. The van der Waals surface area contributed by atoms with E-state index in [2.05, 4.69) is 67.7 Å². The van der Waals surface area contributed by atoms with E-state index in [0.29, 0.717) is 0 Å². The smallest absolute Gasteiger partial charge is 0.192 e. The molecule has 32 heavy (non-hydrogen) atoms. The van der Waals surface area contributed by atoms with E-state index in [9.17, 15) is 10.2 Å². The molecule has 1 aromatic rings. The monoisotopic (exact) mass is 500 g/mol. The van der Waals surface area contributed by atoms with E-state index >= 15 is 0 Å². The van der Waals surface area contributed by atoms with Gasteiger partial charge >= 0.3 is 0 Å². The first kappa shape index (κ1) is 28.0. The molecule has 0 aromatic heterocycles. The molecule has 0 radical (unpaired) electrons. The summed E-state index contributed by atoms with van der Waals surface area (Å²) < 4.78 is 19.8. The van der Waals surface area contributed by atoms with Crippen LogP contribution in [-0.2, 0) is 13.6 Å². The minimum Gasteiger partial charge on any atom is -0.408 e. The average Bonchev–Trinajstić information content (AvgIpc) is 2.65. The molecule has 1 saturated heterocycles. The first-order valence-corrected chi connectivity index (χ1v) is 18.2. The van der Waals surface area contributed by atoms with Crippen molar-refractivity contribution in [3.63, 3.8) is 0 Å². The van der Waals surface area contributed by atoms with Gasteiger partial charge in [-0.25, -0.2) is 0 Å². The summed E-state index contributed by atoms with van der Waals surface area (Å²) in [6.07, 6.45) is -2.55. The average molecular weight is 501 g/mol. The first-order chi connectivity index (χ1) is 14.5. The van der Waals surface area contributed by atoms with Crippen LogP contribution in [0.2, 0.25) is 36.3 Å². The van der Waals surface area contributed by atoms with Gasteiger partial charge in [0.2, 0.25) is 0 Å². The van der Waals surface area contributed by atoms with Gasteiger partial charge in [0.25, 0.3) is 0 Å². The molecule has 2 rings (SSSR count). The molecule has 1 aliphatic heterocycles. The lowest BCUT2D eigenvalue weighted by atomic mass is 10.0. The van der Waals surface area contributed by atoms with Crippen LogP contribution < -0.4 is 0 Å². The van der Waals surface area contributed by atoms with E-state index < -0.39 is 46.5 Å². The van der Waals surface area contributed by atoms with Crippen molar-refractivity contribution in [2.75, 3.05) is 6.61 Å². The SMILES string of the molecule is CC(C)(C)[Si](C)(C)O[C@@H]1[C@@H](O)[C@@H](Sc2ccccc2)O[C@H](CO)[C@H]1O[Si](C)(C)C(C)(C)C. The van der Waals surface area contributed by atoms with Crippen molar-refractivity contribution in [2.45, 2.75) is 113 Å². The van der Waals surface area contributed by atoms with Crippen molar-refractivity contribution in [3.05, 3.63) is 30.3 Å². The van der Waals surface area contributed by atoms with Gasteiger partial charge in [0.1, 0.15) is 29.9 Å². The van der Waals surface area contributed by atoms with Crippen molar-refractivity contribution < 1.29 is 23.8 Å². The maximum Gasteiger partial charge on any atom is 0.192 e. The van der Waals surface area contributed by atoms with Crippen LogP contribution >= 0.6 is 11.8 Å². The van der Waals surface area contributed by atoms with Crippen molar-refractivity contribution in [1.29, 1.82) is 0 Å². The number of benzene rings is 1. The highest BCUT2D eigenvalue weighted by Gasteiger charge is 2.53. The predicted octanol–water partition coefficient (Wildman–Crippen LogP) is 5.64. The minimum absolute atomic E-state index is 0.0187. The molecular formula is C24H44O5SSi2. The number of ether oxygens (including phenoxy) is 1. The molecule has 0 aliphatic carbocycles. The maximum absolute atomic E-state index is 11.5. The third kappa shape index (κ3) is 6.47. The number of aliphatic hydroxyl groups is 2. The van der Waals surface area contributed by atoms with Crippen molar-refractivity contribution in [1.82, 2.24) is 0 Å². The number of aliphatic hydroxyl groups excluding tert-OH is 2. The summed E-state index contributed by atoms with van der Waals surface area (Å²) in [7, 11) is -4.44. The van der Waals surface area contributed by atoms with E-state index in [1.54, 1.807) is 0 Å². The van der Waals surface area contributed by atoms with Gasteiger partial charge < -0.3 is 23.8 Å². The van der Waals surface area contributed by atoms with Gasteiger partial charge in [-0.15, -0.1) is 0 Å². The van der Waals surface area contributed by atoms with Crippen LogP contribution in [-0.4, -0.2) is 63.3 Å². The topological polar surface area (TPSA) is 68.2 Å². The lowest BCUT2D eigenvalue weighted by Crippen LogP contribution is -2.65. The normalized spacial score (nSPS) is 28.1. The molecule has 2 N–H and O–H groups in total. The first-order valence-electron chi connectivity index (χ1n) is 11.5. The van der Waals surface area contributed by atoms with Gasteiger partial charge in [-0.05, 0) is 48.4 Å².